The monoisotopic (exact) mass is 164 g/mol. The molecular formula is C7H18P2. The zero-order chi connectivity index (χ0) is 7.65. The lowest BCUT2D eigenvalue weighted by molar-refractivity contribution is 0.449. The van der Waals surface area contributed by atoms with E-state index in [0.717, 1.165) is 0 Å². The van der Waals surface area contributed by atoms with Gasteiger partial charge in [0.15, 0.2) is 0 Å². The Bertz CT molecular complexity index is 74.9. The van der Waals surface area contributed by atoms with Crippen LogP contribution in [0.4, 0.5) is 0 Å². The second kappa shape index (κ2) is 3.31. The molecule has 0 aliphatic rings. The average Bonchev–Trinajstić information content (AvgIpc) is 1.65. The molecule has 0 radical (unpaired) electrons. The third kappa shape index (κ3) is 2.52. The van der Waals surface area contributed by atoms with Gasteiger partial charge in [-0.1, -0.05) is 27.7 Å². The Morgan fingerprint density at radius 1 is 0.889 bits per heavy atom. The highest BCUT2D eigenvalue weighted by Gasteiger charge is 2.26. The quantitative estimate of drug-likeness (QED) is 0.550. The average molecular weight is 164 g/mol. The predicted octanol–water partition coefficient (Wildman–Crippen LogP) is 2.74. The van der Waals surface area contributed by atoms with Crippen molar-refractivity contribution < 1.29 is 0 Å². The molecule has 0 aromatic heterocycles. The van der Waals surface area contributed by atoms with Gasteiger partial charge in [-0.3, -0.25) is 0 Å². The summed E-state index contributed by atoms with van der Waals surface area (Å²) >= 11 is 0. The molecular weight excluding hydrogens is 146 g/mol. The maximum atomic E-state index is 2.91. The highest BCUT2D eigenvalue weighted by atomic mass is 31.1. The number of rotatable bonds is 2. The Kier molecular flexibility index (Phi) is 3.63. The van der Waals surface area contributed by atoms with Gasteiger partial charge in [-0.25, -0.2) is 0 Å². The molecule has 0 rings (SSSR count). The first-order chi connectivity index (χ1) is 3.89. The molecule has 0 bridgehead atoms. The van der Waals surface area contributed by atoms with Crippen molar-refractivity contribution in [2.75, 3.05) is 0 Å². The van der Waals surface area contributed by atoms with E-state index in [1.165, 1.54) is 0 Å². The standard InChI is InChI=1S/C7H18P2/c1-5(2)7(8,9)6(3)4/h5-6H,8-9H2,1-4H3. The van der Waals surface area contributed by atoms with Crippen LogP contribution in [0.1, 0.15) is 27.7 Å². The van der Waals surface area contributed by atoms with Crippen molar-refractivity contribution in [1.29, 1.82) is 0 Å². The minimum atomic E-state index is 0.333. The summed E-state index contributed by atoms with van der Waals surface area (Å²) in [5.74, 6) is 1.43. The highest BCUT2D eigenvalue weighted by Crippen LogP contribution is 2.41. The van der Waals surface area contributed by atoms with E-state index in [-0.39, 0.29) is 0 Å². The fourth-order valence-electron chi connectivity index (χ4n) is 0.667. The van der Waals surface area contributed by atoms with E-state index in [2.05, 4.69) is 46.2 Å². The molecule has 0 heterocycles. The van der Waals surface area contributed by atoms with Crippen LogP contribution in [0.3, 0.4) is 0 Å². The summed E-state index contributed by atoms with van der Waals surface area (Å²) in [5.41, 5.74) is 0. The van der Waals surface area contributed by atoms with Gasteiger partial charge < -0.3 is 0 Å². The van der Waals surface area contributed by atoms with Gasteiger partial charge >= 0.3 is 0 Å². The third-order valence-corrected chi connectivity index (χ3v) is 4.67. The number of hydrogen-bond donors (Lipinski definition) is 0. The van der Waals surface area contributed by atoms with Gasteiger partial charge in [0.2, 0.25) is 0 Å². The molecule has 0 saturated heterocycles. The molecule has 0 aromatic carbocycles. The van der Waals surface area contributed by atoms with Gasteiger partial charge in [-0.2, -0.15) is 0 Å². The summed E-state index contributed by atoms with van der Waals surface area (Å²) < 4.78 is 0. The van der Waals surface area contributed by atoms with Crippen LogP contribution < -0.4 is 0 Å². The lowest BCUT2D eigenvalue weighted by atomic mass is 9.99. The van der Waals surface area contributed by atoms with Gasteiger partial charge in [-0.05, 0) is 11.8 Å². The fourth-order valence-corrected chi connectivity index (χ4v) is 0.667. The minimum Gasteiger partial charge on any atom is -0.126 e. The third-order valence-electron chi connectivity index (χ3n) is 2.00. The smallest absolute Gasteiger partial charge is 0.00383 e. The zero-order valence-corrected chi connectivity index (χ0v) is 9.12. The van der Waals surface area contributed by atoms with Crippen molar-refractivity contribution in [3.63, 3.8) is 0 Å². The van der Waals surface area contributed by atoms with E-state index in [4.69, 9.17) is 0 Å². The Morgan fingerprint density at radius 3 is 1.11 bits per heavy atom. The van der Waals surface area contributed by atoms with E-state index in [1.54, 1.807) is 0 Å². The lowest BCUT2D eigenvalue weighted by Gasteiger charge is -2.32. The van der Waals surface area contributed by atoms with Crippen molar-refractivity contribution in [2.24, 2.45) is 11.8 Å². The van der Waals surface area contributed by atoms with Crippen LogP contribution in [-0.4, -0.2) is 4.90 Å². The molecule has 0 nitrogen and oxygen atoms in total. The van der Waals surface area contributed by atoms with E-state index in [1.807, 2.05) is 0 Å². The first-order valence-electron chi connectivity index (χ1n) is 3.46. The van der Waals surface area contributed by atoms with Crippen LogP contribution in [0.15, 0.2) is 0 Å². The molecule has 0 amide bonds. The van der Waals surface area contributed by atoms with E-state index >= 15 is 0 Å². The largest absolute Gasteiger partial charge is 0.126 e. The van der Waals surface area contributed by atoms with E-state index in [9.17, 15) is 0 Å². The first kappa shape index (κ1) is 9.86. The van der Waals surface area contributed by atoms with Crippen LogP contribution in [-0.2, 0) is 0 Å². The molecule has 0 aliphatic heterocycles. The molecule has 2 atom stereocenters. The van der Waals surface area contributed by atoms with Crippen LogP contribution in [0.2, 0.25) is 0 Å². The van der Waals surface area contributed by atoms with Crippen molar-refractivity contribution >= 4 is 18.5 Å². The van der Waals surface area contributed by atoms with Gasteiger partial charge in [0, 0.05) is 4.90 Å². The maximum Gasteiger partial charge on any atom is 0.00383 e. The van der Waals surface area contributed by atoms with Crippen molar-refractivity contribution in [3.8, 4) is 0 Å². The molecule has 0 aliphatic carbocycles. The molecule has 0 fully saturated rings. The summed E-state index contributed by atoms with van der Waals surface area (Å²) in [4.78, 5) is 0.333. The van der Waals surface area contributed by atoms with E-state index in [0.29, 0.717) is 16.7 Å². The summed E-state index contributed by atoms with van der Waals surface area (Å²) in [5, 5.41) is 0. The molecule has 0 N–H and O–H groups in total. The van der Waals surface area contributed by atoms with Gasteiger partial charge in [0.25, 0.3) is 0 Å². The zero-order valence-electron chi connectivity index (χ0n) is 6.81. The van der Waals surface area contributed by atoms with Gasteiger partial charge in [-0.15, -0.1) is 18.5 Å². The topological polar surface area (TPSA) is 0 Å². The van der Waals surface area contributed by atoms with Crippen molar-refractivity contribution in [3.05, 3.63) is 0 Å². The minimum absolute atomic E-state index is 0.333. The van der Waals surface area contributed by atoms with Crippen LogP contribution in [0, 0.1) is 11.8 Å². The van der Waals surface area contributed by atoms with Crippen LogP contribution >= 0.6 is 18.5 Å². The fraction of sp³-hybridized carbons (Fsp3) is 1.00. The summed E-state index contributed by atoms with van der Waals surface area (Å²) in [6, 6.07) is 0. The van der Waals surface area contributed by atoms with Crippen LogP contribution in [0.25, 0.3) is 0 Å². The summed E-state index contributed by atoms with van der Waals surface area (Å²) in [6.45, 7) is 9.00. The van der Waals surface area contributed by atoms with Gasteiger partial charge in [0.05, 0.1) is 0 Å². The SMILES string of the molecule is CC(C)C(P)(P)C(C)C. The molecule has 56 valence electrons. The normalized spacial score (nSPS) is 13.3. The highest BCUT2D eigenvalue weighted by molar-refractivity contribution is 7.40. The van der Waals surface area contributed by atoms with Crippen molar-refractivity contribution in [1.82, 2.24) is 0 Å². The Balaban J connectivity index is 4.01. The molecule has 9 heavy (non-hydrogen) atoms. The molecule has 0 aromatic rings. The summed E-state index contributed by atoms with van der Waals surface area (Å²) in [7, 11) is 5.82. The summed E-state index contributed by atoms with van der Waals surface area (Å²) in [6.07, 6.45) is 0. The van der Waals surface area contributed by atoms with Crippen molar-refractivity contribution in [2.45, 2.75) is 32.6 Å². The molecule has 0 spiro atoms. The first-order valence-corrected chi connectivity index (χ1v) is 4.62. The molecule has 2 unspecified atom stereocenters. The Labute approximate surface area is 63.6 Å². The molecule has 2 heteroatoms. The Hall–Kier alpha value is 0.860. The second-order valence-corrected chi connectivity index (χ2v) is 5.98. The van der Waals surface area contributed by atoms with E-state index < -0.39 is 0 Å². The number of hydrogen-bond acceptors (Lipinski definition) is 0. The molecule has 0 saturated carbocycles. The lowest BCUT2D eigenvalue weighted by Crippen LogP contribution is -2.25. The maximum absolute atomic E-state index is 2.91. The Morgan fingerprint density at radius 2 is 1.11 bits per heavy atom. The van der Waals surface area contributed by atoms with Crippen LogP contribution in [0.5, 0.6) is 0 Å². The predicted molar refractivity (Wildman–Crippen MR) is 51.8 cm³/mol. The second-order valence-electron chi connectivity index (χ2n) is 3.31. The van der Waals surface area contributed by atoms with Gasteiger partial charge in [0.1, 0.15) is 0 Å².